The number of hydrogen-bond donors (Lipinski definition) is 0. The van der Waals surface area contributed by atoms with Crippen molar-refractivity contribution in [3.05, 3.63) is 78.2 Å². The quantitative estimate of drug-likeness (QED) is 0.554. The van der Waals surface area contributed by atoms with Crippen LogP contribution in [-0.2, 0) is 23.9 Å². The zero-order valence-corrected chi connectivity index (χ0v) is 14.7. The largest absolute Gasteiger partial charge is 0.0623 e. The van der Waals surface area contributed by atoms with Gasteiger partial charge in [0, 0.05) is 0 Å². The number of rotatable bonds is 3. The topological polar surface area (TPSA) is 3.24 Å². The maximum Gasteiger partial charge on any atom is -0.0623 e. The zero-order chi connectivity index (χ0) is 15.2. The third-order valence-electron chi connectivity index (χ3n) is 2.52. The molecule has 0 aliphatic rings. The van der Waals surface area contributed by atoms with E-state index in [2.05, 4.69) is 66.3 Å². The van der Waals surface area contributed by atoms with Gasteiger partial charge in [-0.1, -0.05) is 49.4 Å². The van der Waals surface area contributed by atoms with Crippen LogP contribution in [0.4, 0.5) is 0 Å². The van der Waals surface area contributed by atoms with Crippen molar-refractivity contribution in [3.8, 4) is 0 Å². The van der Waals surface area contributed by atoms with Crippen LogP contribution in [0.15, 0.2) is 60.7 Å². The standard InChI is InChI=1S/C11H16N.C6H6.ClH.Ru/c1-4-10-7-5-6-8-11(10)9-12(2)3;1-2-4-6-5-3-1;;/h4-8H,9H2,1-3H3;1-6H;1H;/q-1;;;+2/p-1. The third kappa shape index (κ3) is 9.15. The minimum atomic E-state index is 1.01. The Labute approximate surface area is 137 Å². The summed E-state index contributed by atoms with van der Waals surface area (Å²) in [6, 6.07) is 20.5. The summed E-state index contributed by atoms with van der Waals surface area (Å²) in [7, 11) is 8.75. The van der Waals surface area contributed by atoms with Gasteiger partial charge in [0.05, 0.1) is 0 Å². The monoisotopic (exact) mass is 377 g/mol. The Morgan fingerprint density at radius 2 is 1.35 bits per heavy atom. The summed E-state index contributed by atoms with van der Waals surface area (Å²) in [5.74, 6) is 0. The maximum atomic E-state index is 4.57. The van der Waals surface area contributed by atoms with Gasteiger partial charge in [-0.2, -0.15) is 18.1 Å². The summed E-state index contributed by atoms with van der Waals surface area (Å²) in [4.78, 5) is 2.18. The number of nitrogens with zero attached hydrogens (tertiary/aromatic N) is 1. The molecule has 3 heteroatoms. The number of hydrogen-bond acceptors (Lipinski definition) is 1. The van der Waals surface area contributed by atoms with Gasteiger partial charge < -0.3 is 4.90 Å². The van der Waals surface area contributed by atoms with Gasteiger partial charge >= 0.3 is 27.0 Å². The zero-order valence-electron chi connectivity index (χ0n) is 12.2. The first kappa shape index (κ1) is 19.2. The second-order valence-electron chi connectivity index (χ2n) is 4.38. The Morgan fingerprint density at radius 3 is 1.75 bits per heavy atom. The van der Waals surface area contributed by atoms with Crippen LogP contribution in [0.3, 0.4) is 0 Å². The normalized spacial score (nSPS) is 8.90. The van der Waals surface area contributed by atoms with Crippen LogP contribution in [0.2, 0.25) is 0 Å². The summed E-state index contributed by atoms with van der Waals surface area (Å²) in [6.07, 6.45) is 2.15. The van der Waals surface area contributed by atoms with Crippen molar-refractivity contribution in [1.29, 1.82) is 0 Å². The van der Waals surface area contributed by atoms with Crippen LogP contribution in [-0.4, -0.2) is 19.0 Å². The molecule has 0 N–H and O–H groups in total. The first-order valence-electron chi connectivity index (χ1n) is 6.39. The van der Waals surface area contributed by atoms with Crippen LogP contribution in [0, 0.1) is 6.42 Å². The van der Waals surface area contributed by atoms with Gasteiger partial charge in [-0.15, -0.1) is 17.7 Å². The first-order chi connectivity index (χ1) is 9.74. The molecule has 0 amide bonds. The molecule has 0 bridgehead atoms. The van der Waals surface area contributed by atoms with Crippen LogP contribution < -0.4 is 0 Å². The average molecular weight is 377 g/mol. The van der Waals surface area contributed by atoms with Crippen molar-refractivity contribution >= 4 is 9.69 Å². The molecule has 0 aromatic heterocycles. The number of halogens is 1. The molecule has 2 aromatic rings. The Bertz CT molecular complexity index is 405. The minimum absolute atomic E-state index is 1.01. The van der Waals surface area contributed by atoms with E-state index in [9.17, 15) is 0 Å². The molecule has 1 nitrogen and oxygen atoms in total. The molecule has 0 spiro atoms. The Balaban J connectivity index is 0.000000377. The molecule has 0 radical (unpaired) electrons. The summed E-state index contributed by atoms with van der Waals surface area (Å²) < 4.78 is 0. The van der Waals surface area contributed by atoms with Crippen molar-refractivity contribution in [2.24, 2.45) is 0 Å². The van der Waals surface area contributed by atoms with Gasteiger partial charge in [0.15, 0.2) is 0 Å². The van der Waals surface area contributed by atoms with Crippen molar-refractivity contribution < 1.29 is 17.3 Å². The molecule has 2 rings (SSSR count). The van der Waals surface area contributed by atoms with Gasteiger partial charge in [0.25, 0.3) is 0 Å². The molecule has 0 fully saturated rings. The van der Waals surface area contributed by atoms with Crippen LogP contribution in [0.25, 0.3) is 0 Å². The molecule has 0 aliphatic carbocycles. The SMILES string of the molecule is C[CH-]c1ccccc1CN(C)C.[Cl][Ru+].c1ccccc1. The number of benzene rings is 2. The molecule has 20 heavy (non-hydrogen) atoms. The fourth-order valence-corrected chi connectivity index (χ4v) is 1.69. The fourth-order valence-electron chi connectivity index (χ4n) is 1.69. The van der Waals surface area contributed by atoms with Gasteiger partial charge in [0.1, 0.15) is 0 Å². The smallest absolute Gasteiger partial charge is 0.0623 e. The molecule has 0 atom stereocenters. The Hall–Kier alpha value is -0.817. The van der Waals surface area contributed by atoms with Gasteiger partial charge in [-0.05, 0) is 20.6 Å². The van der Waals surface area contributed by atoms with E-state index in [0.29, 0.717) is 0 Å². The van der Waals surface area contributed by atoms with Gasteiger partial charge in [-0.25, -0.2) is 0 Å². The van der Waals surface area contributed by atoms with Crippen LogP contribution in [0.1, 0.15) is 18.1 Å². The summed E-state index contributed by atoms with van der Waals surface area (Å²) in [5.41, 5.74) is 2.73. The summed E-state index contributed by atoms with van der Waals surface area (Å²) in [6.45, 7) is 3.09. The van der Waals surface area contributed by atoms with Gasteiger partial charge in [0.2, 0.25) is 0 Å². The summed E-state index contributed by atoms with van der Waals surface area (Å²) in [5, 5.41) is 0. The molecule has 0 unspecified atom stereocenters. The molecular formula is C17H22ClNRu. The van der Waals surface area contributed by atoms with E-state index < -0.39 is 0 Å². The molecule has 2 aromatic carbocycles. The Kier molecular flexibility index (Phi) is 12.6. The molecule has 110 valence electrons. The molecule has 0 saturated heterocycles. The second kappa shape index (κ2) is 13.2. The van der Waals surface area contributed by atoms with E-state index >= 15 is 0 Å². The predicted octanol–water partition coefficient (Wildman–Crippen LogP) is 4.69. The van der Waals surface area contributed by atoms with Crippen molar-refractivity contribution in [1.82, 2.24) is 4.90 Å². The predicted molar refractivity (Wildman–Crippen MR) is 85.2 cm³/mol. The molecule has 0 heterocycles. The average Bonchev–Trinajstić information content (AvgIpc) is 2.52. The first-order valence-corrected chi connectivity index (χ1v) is 8.63. The fraction of sp³-hybridized carbons (Fsp3) is 0.235. The van der Waals surface area contributed by atoms with Gasteiger partial charge in [-0.3, -0.25) is 0 Å². The van der Waals surface area contributed by atoms with E-state index in [-0.39, 0.29) is 0 Å². The van der Waals surface area contributed by atoms with Crippen molar-refractivity contribution in [2.75, 3.05) is 14.1 Å². The summed E-state index contributed by atoms with van der Waals surface area (Å²) >= 11 is 1.82. The molecule has 0 aliphatic heterocycles. The van der Waals surface area contributed by atoms with E-state index in [1.807, 2.05) is 53.7 Å². The second-order valence-corrected chi connectivity index (χ2v) is 4.38. The van der Waals surface area contributed by atoms with Crippen LogP contribution >= 0.6 is 9.69 Å². The van der Waals surface area contributed by atoms with E-state index in [0.717, 1.165) is 6.54 Å². The van der Waals surface area contributed by atoms with E-state index in [1.165, 1.54) is 11.1 Å². The van der Waals surface area contributed by atoms with Crippen LogP contribution in [0.5, 0.6) is 0 Å². The van der Waals surface area contributed by atoms with E-state index in [4.69, 9.17) is 0 Å². The molecular weight excluding hydrogens is 355 g/mol. The third-order valence-corrected chi connectivity index (χ3v) is 2.52. The Morgan fingerprint density at radius 1 is 0.900 bits per heavy atom. The molecule has 0 saturated carbocycles. The van der Waals surface area contributed by atoms with E-state index in [1.54, 1.807) is 0 Å². The van der Waals surface area contributed by atoms with Crippen molar-refractivity contribution in [3.63, 3.8) is 0 Å². The minimum Gasteiger partial charge on any atom is -0.0623 e. The van der Waals surface area contributed by atoms with Crippen molar-refractivity contribution in [2.45, 2.75) is 13.5 Å². The maximum absolute atomic E-state index is 4.57.